The van der Waals surface area contributed by atoms with E-state index in [-0.39, 0.29) is 22.0 Å². The normalized spacial score (nSPS) is 21.8. The van der Waals surface area contributed by atoms with E-state index in [0.717, 1.165) is 11.3 Å². The summed E-state index contributed by atoms with van der Waals surface area (Å²) in [5.74, 6) is 0.154. The standard InChI is InChI=1S/C6H6N2O3S2/c9-2-1-12-5(7-2)3-4(10)8-6(11)13-3/h5,10H,1H2,(H,7,9)(H,8,11). The first-order valence-corrected chi connectivity index (χ1v) is 5.36. The van der Waals surface area contributed by atoms with Crippen LogP contribution in [-0.4, -0.2) is 21.8 Å². The molecule has 1 aromatic rings. The predicted octanol–water partition coefficient (Wildman–Crippen LogP) is 0.00360. The van der Waals surface area contributed by atoms with E-state index in [0.29, 0.717) is 10.6 Å². The van der Waals surface area contributed by atoms with Crippen molar-refractivity contribution in [1.82, 2.24) is 10.3 Å². The Hall–Kier alpha value is -0.950. The van der Waals surface area contributed by atoms with Crippen LogP contribution in [0.3, 0.4) is 0 Å². The van der Waals surface area contributed by atoms with Crippen molar-refractivity contribution in [3.63, 3.8) is 0 Å². The maximum Gasteiger partial charge on any atom is 0.307 e. The van der Waals surface area contributed by atoms with E-state index in [1.807, 2.05) is 0 Å². The quantitative estimate of drug-likeness (QED) is 0.620. The first kappa shape index (κ1) is 8.64. The van der Waals surface area contributed by atoms with Gasteiger partial charge in [-0.3, -0.25) is 14.6 Å². The van der Waals surface area contributed by atoms with E-state index in [4.69, 9.17) is 0 Å². The van der Waals surface area contributed by atoms with Gasteiger partial charge >= 0.3 is 4.87 Å². The number of thiazole rings is 1. The van der Waals surface area contributed by atoms with Crippen LogP contribution in [0.2, 0.25) is 0 Å². The Morgan fingerprint density at radius 3 is 2.69 bits per heavy atom. The zero-order valence-corrected chi connectivity index (χ0v) is 8.00. The minimum absolute atomic E-state index is 0.0738. The number of amides is 1. The summed E-state index contributed by atoms with van der Waals surface area (Å²) in [5, 5.41) is 11.6. The largest absolute Gasteiger partial charge is 0.494 e. The number of carbonyl (C=O) groups excluding carboxylic acids is 1. The molecule has 1 unspecified atom stereocenters. The highest BCUT2D eigenvalue weighted by Crippen LogP contribution is 2.36. The molecule has 1 atom stereocenters. The predicted molar refractivity (Wildman–Crippen MR) is 49.9 cm³/mol. The Morgan fingerprint density at radius 2 is 2.23 bits per heavy atom. The van der Waals surface area contributed by atoms with Crippen molar-refractivity contribution < 1.29 is 9.90 Å². The zero-order chi connectivity index (χ0) is 9.42. The van der Waals surface area contributed by atoms with Crippen LogP contribution in [0.1, 0.15) is 10.3 Å². The van der Waals surface area contributed by atoms with Crippen LogP contribution < -0.4 is 10.2 Å². The number of aromatic amines is 1. The van der Waals surface area contributed by atoms with Crippen molar-refractivity contribution in [2.45, 2.75) is 5.37 Å². The average molecular weight is 218 g/mol. The lowest BCUT2D eigenvalue weighted by Gasteiger charge is -2.04. The number of hydrogen-bond donors (Lipinski definition) is 3. The molecule has 2 heterocycles. The molecule has 2 rings (SSSR count). The first-order chi connectivity index (χ1) is 6.16. The Bertz CT molecular complexity index is 397. The first-order valence-electron chi connectivity index (χ1n) is 3.50. The van der Waals surface area contributed by atoms with Gasteiger partial charge in [-0.2, -0.15) is 0 Å². The third kappa shape index (κ3) is 1.56. The van der Waals surface area contributed by atoms with Crippen molar-refractivity contribution in [2.24, 2.45) is 0 Å². The van der Waals surface area contributed by atoms with Crippen LogP contribution in [0.15, 0.2) is 4.79 Å². The highest BCUT2D eigenvalue weighted by molar-refractivity contribution is 8.00. The number of nitrogens with one attached hydrogen (secondary N) is 2. The third-order valence-electron chi connectivity index (χ3n) is 1.57. The van der Waals surface area contributed by atoms with Gasteiger partial charge in [-0.25, -0.2) is 0 Å². The summed E-state index contributed by atoms with van der Waals surface area (Å²) in [6, 6.07) is 0. The molecule has 1 saturated heterocycles. The van der Waals surface area contributed by atoms with Crippen LogP contribution in [0, 0.1) is 0 Å². The van der Waals surface area contributed by atoms with Crippen LogP contribution in [0.4, 0.5) is 0 Å². The number of aromatic nitrogens is 1. The Balaban J connectivity index is 2.30. The number of hydrogen-bond acceptors (Lipinski definition) is 5. The van der Waals surface area contributed by atoms with Gasteiger partial charge in [0.15, 0.2) is 0 Å². The van der Waals surface area contributed by atoms with E-state index in [1.54, 1.807) is 0 Å². The highest BCUT2D eigenvalue weighted by atomic mass is 32.2. The molecule has 0 aliphatic carbocycles. The second-order valence-electron chi connectivity index (χ2n) is 2.49. The van der Waals surface area contributed by atoms with Gasteiger partial charge in [0.25, 0.3) is 0 Å². The van der Waals surface area contributed by atoms with Crippen molar-refractivity contribution in [2.75, 3.05) is 5.75 Å². The highest BCUT2D eigenvalue weighted by Gasteiger charge is 2.27. The van der Waals surface area contributed by atoms with E-state index >= 15 is 0 Å². The summed E-state index contributed by atoms with van der Waals surface area (Å²) in [6.07, 6.45) is 0. The molecular weight excluding hydrogens is 212 g/mol. The van der Waals surface area contributed by atoms with Crippen molar-refractivity contribution in [3.8, 4) is 5.88 Å². The van der Waals surface area contributed by atoms with Crippen molar-refractivity contribution in [3.05, 3.63) is 14.5 Å². The topological polar surface area (TPSA) is 82.2 Å². The molecule has 5 nitrogen and oxygen atoms in total. The summed E-state index contributed by atoms with van der Waals surface area (Å²) in [6.45, 7) is 0. The van der Waals surface area contributed by atoms with E-state index in [9.17, 15) is 14.7 Å². The summed E-state index contributed by atoms with van der Waals surface area (Å²) >= 11 is 2.28. The van der Waals surface area contributed by atoms with Crippen LogP contribution in [0.5, 0.6) is 5.88 Å². The van der Waals surface area contributed by atoms with Crippen molar-refractivity contribution >= 4 is 29.0 Å². The lowest BCUT2D eigenvalue weighted by molar-refractivity contribution is -0.118. The van der Waals surface area contributed by atoms with Gasteiger partial charge in [0.05, 0.1) is 5.75 Å². The summed E-state index contributed by atoms with van der Waals surface area (Å²) in [5.41, 5.74) is 0. The average Bonchev–Trinajstić information content (AvgIpc) is 2.58. The fourth-order valence-electron chi connectivity index (χ4n) is 1.04. The number of carbonyl (C=O) groups is 1. The molecule has 1 aliphatic rings. The van der Waals surface area contributed by atoms with Gasteiger partial charge < -0.3 is 10.4 Å². The molecule has 13 heavy (non-hydrogen) atoms. The fraction of sp³-hybridized carbons (Fsp3) is 0.333. The Kier molecular flexibility index (Phi) is 2.04. The third-order valence-corrected chi connectivity index (χ3v) is 3.77. The second-order valence-corrected chi connectivity index (χ2v) is 4.59. The zero-order valence-electron chi connectivity index (χ0n) is 6.36. The lowest BCUT2D eigenvalue weighted by atomic mass is 10.5. The van der Waals surface area contributed by atoms with Gasteiger partial charge in [-0.15, -0.1) is 11.8 Å². The molecule has 0 bridgehead atoms. The van der Waals surface area contributed by atoms with E-state index in [2.05, 4.69) is 10.3 Å². The van der Waals surface area contributed by atoms with Crippen LogP contribution >= 0.6 is 23.1 Å². The maximum atomic E-state index is 10.8. The fourth-order valence-corrected chi connectivity index (χ4v) is 2.93. The molecule has 1 aromatic heterocycles. The molecular formula is C6H6N2O3S2. The lowest BCUT2D eigenvalue weighted by Crippen LogP contribution is -2.18. The van der Waals surface area contributed by atoms with E-state index < -0.39 is 0 Å². The molecule has 70 valence electrons. The molecule has 1 amide bonds. The van der Waals surface area contributed by atoms with Gasteiger partial charge in [0.1, 0.15) is 10.3 Å². The molecule has 3 N–H and O–H groups in total. The van der Waals surface area contributed by atoms with Gasteiger partial charge in [-0.05, 0) is 0 Å². The van der Waals surface area contributed by atoms with E-state index in [1.165, 1.54) is 11.8 Å². The molecule has 7 heteroatoms. The smallest absolute Gasteiger partial charge is 0.307 e. The number of thioether (sulfide) groups is 1. The minimum atomic E-state index is -0.311. The molecule has 0 aromatic carbocycles. The molecule has 0 saturated carbocycles. The summed E-state index contributed by atoms with van der Waals surface area (Å²) < 4.78 is 0. The monoisotopic (exact) mass is 218 g/mol. The number of rotatable bonds is 1. The summed E-state index contributed by atoms with van der Waals surface area (Å²) in [4.78, 5) is 24.1. The van der Waals surface area contributed by atoms with Gasteiger partial charge in [0.2, 0.25) is 11.8 Å². The molecule has 1 aliphatic heterocycles. The Labute approximate surface area is 81.2 Å². The van der Waals surface area contributed by atoms with Gasteiger partial charge in [-0.1, -0.05) is 11.3 Å². The Morgan fingerprint density at radius 1 is 1.46 bits per heavy atom. The molecule has 0 radical (unpaired) electrons. The van der Waals surface area contributed by atoms with Gasteiger partial charge in [0, 0.05) is 0 Å². The SMILES string of the molecule is O=C1CSC(c2sc(=O)[nH]c2O)N1. The number of H-pyrrole nitrogens is 1. The van der Waals surface area contributed by atoms with Crippen LogP contribution in [0.25, 0.3) is 0 Å². The maximum absolute atomic E-state index is 10.8. The van der Waals surface area contributed by atoms with Crippen LogP contribution in [-0.2, 0) is 4.79 Å². The summed E-state index contributed by atoms with van der Waals surface area (Å²) in [7, 11) is 0. The second kappa shape index (κ2) is 3.08. The van der Waals surface area contributed by atoms with Crippen molar-refractivity contribution in [1.29, 1.82) is 0 Å². The molecule has 0 spiro atoms. The molecule has 1 fully saturated rings. The number of aromatic hydroxyl groups is 1. The minimum Gasteiger partial charge on any atom is -0.494 e.